The zero-order valence-electron chi connectivity index (χ0n) is 10.4. The molecule has 19 heavy (non-hydrogen) atoms. The lowest BCUT2D eigenvalue weighted by Gasteiger charge is -2.07. The Labute approximate surface area is 110 Å². The molecule has 3 N–H and O–H groups in total. The molecular weight excluding hydrogens is 244 g/mol. The summed E-state index contributed by atoms with van der Waals surface area (Å²) in [7, 11) is 1.45. The summed E-state index contributed by atoms with van der Waals surface area (Å²) in [5, 5.41) is 28.3. The molecule has 0 aliphatic heterocycles. The average Bonchev–Trinajstić information content (AvgIpc) is 2.37. The predicted molar refractivity (Wildman–Crippen MR) is 73.4 cm³/mol. The number of phenolic OH excluding ortho intramolecular Hbond substituents is 3. The summed E-state index contributed by atoms with van der Waals surface area (Å²) in [4.78, 5) is 0. The van der Waals surface area contributed by atoms with E-state index in [1.807, 2.05) is 0 Å². The van der Waals surface area contributed by atoms with Gasteiger partial charge in [0, 0.05) is 11.6 Å². The molecule has 0 amide bonds. The number of rotatable bonds is 3. The summed E-state index contributed by atoms with van der Waals surface area (Å²) in [5.74, 6) is 0.342. The highest BCUT2D eigenvalue weighted by Crippen LogP contribution is 2.35. The van der Waals surface area contributed by atoms with E-state index in [1.165, 1.54) is 19.2 Å². The van der Waals surface area contributed by atoms with Gasteiger partial charge in [0.1, 0.15) is 11.5 Å². The molecule has 2 aromatic carbocycles. The maximum absolute atomic E-state index is 9.65. The zero-order valence-corrected chi connectivity index (χ0v) is 10.4. The van der Waals surface area contributed by atoms with Gasteiger partial charge in [-0.1, -0.05) is 24.3 Å². The second kappa shape index (κ2) is 5.35. The predicted octanol–water partition coefficient (Wildman–Crippen LogP) is 2.98. The van der Waals surface area contributed by atoms with Crippen molar-refractivity contribution in [1.82, 2.24) is 0 Å². The summed E-state index contributed by atoms with van der Waals surface area (Å²) in [6.45, 7) is 0. The van der Waals surface area contributed by atoms with Gasteiger partial charge in [0.2, 0.25) is 0 Å². The molecule has 0 spiro atoms. The van der Waals surface area contributed by atoms with Crippen LogP contribution in [-0.2, 0) is 0 Å². The van der Waals surface area contributed by atoms with Crippen LogP contribution in [0.15, 0.2) is 36.4 Å². The van der Waals surface area contributed by atoms with Crippen LogP contribution in [-0.4, -0.2) is 22.4 Å². The number of phenols is 3. The Hall–Kier alpha value is -2.62. The first-order valence-corrected chi connectivity index (χ1v) is 5.67. The van der Waals surface area contributed by atoms with Crippen molar-refractivity contribution in [3.8, 4) is 23.0 Å². The van der Waals surface area contributed by atoms with Crippen molar-refractivity contribution in [3.05, 3.63) is 47.5 Å². The van der Waals surface area contributed by atoms with Gasteiger partial charge < -0.3 is 20.1 Å². The molecule has 0 aromatic heterocycles. The SMILES string of the molecule is COc1c(O)cc(O)cc1C=Cc1ccc(O)cc1. The van der Waals surface area contributed by atoms with Crippen LogP contribution in [0.2, 0.25) is 0 Å². The fourth-order valence-electron chi connectivity index (χ4n) is 1.74. The second-order valence-corrected chi connectivity index (χ2v) is 4.01. The molecule has 0 fully saturated rings. The van der Waals surface area contributed by atoms with E-state index in [1.54, 1.807) is 36.4 Å². The van der Waals surface area contributed by atoms with Crippen LogP contribution in [0, 0.1) is 0 Å². The highest BCUT2D eigenvalue weighted by molar-refractivity contribution is 5.75. The topological polar surface area (TPSA) is 69.9 Å². The van der Waals surface area contributed by atoms with Crippen LogP contribution in [0.25, 0.3) is 12.2 Å². The summed E-state index contributed by atoms with van der Waals surface area (Å²) in [6, 6.07) is 9.38. The summed E-state index contributed by atoms with van der Waals surface area (Å²) in [6.07, 6.45) is 3.50. The van der Waals surface area contributed by atoms with E-state index >= 15 is 0 Å². The van der Waals surface area contributed by atoms with E-state index in [0.29, 0.717) is 11.3 Å². The lowest BCUT2D eigenvalue weighted by molar-refractivity contribution is 0.369. The Balaban J connectivity index is 2.34. The second-order valence-electron chi connectivity index (χ2n) is 4.01. The standard InChI is InChI=1S/C15H14O4/c1-19-15-11(8-13(17)9-14(15)18)5-2-10-3-6-12(16)7-4-10/h2-9,16-18H,1H3. The van der Waals surface area contributed by atoms with Crippen molar-refractivity contribution in [2.75, 3.05) is 7.11 Å². The van der Waals surface area contributed by atoms with Gasteiger partial charge in [-0.3, -0.25) is 0 Å². The van der Waals surface area contributed by atoms with Crippen LogP contribution in [0.3, 0.4) is 0 Å². The Morgan fingerprint density at radius 2 is 1.58 bits per heavy atom. The summed E-state index contributed by atoms with van der Waals surface area (Å²) in [5.41, 5.74) is 1.44. The first kappa shape index (κ1) is 12.8. The Morgan fingerprint density at radius 1 is 0.895 bits per heavy atom. The van der Waals surface area contributed by atoms with Gasteiger partial charge in [-0.15, -0.1) is 0 Å². The van der Waals surface area contributed by atoms with E-state index in [4.69, 9.17) is 4.74 Å². The molecule has 0 unspecified atom stereocenters. The molecule has 0 aliphatic rings. The minimum Gasteiger partial charge on any atom is -0.508 e. The average molecular weight is 258 g/mol. The van der Waals surface area contributed by atoms with Crippen LogP contribution >= 0.6 is 0 Å². The van der Waals surface area contributed by atoms with Crippen LogP contribution in [0.4, 0.5) is 0 Å². The van der Waals surface area contributed by atoms with Crippen molar-refractivity contribution in [3.63, 3.8) is 0 Å². The third kappa shape index (κ3) is 2.98. The van der Waals surface area contributed by atoms with Gasteiger partial charge in [-0.25, -0.2) is 0 Å². The quantitative estimate of drug-likeness (QED) is 0.740. The van der Waals surface area contributed by atoms with Gasteiger partial charge in [0.05, 0.1) is 7.11 Å². The number of methoxy groups -OCH3 is 1. The van der Waals surface area contributed by atoms with Gasteiger partial charge in [0.25, 0.3) is 0 Å². The molecule has 0 radical (unpaired) electrons. The number of hydrogen-bond donors (Lipinski definition) is 3. The number of aromatic hydroxyl groups is 3. The first-order chi connectivity index (χ1) is 9.10. The third-order valence-electron chi connectivity index (χ3n) is 2.64. The zero-order chi connectivity index (χ0) is 13.8. The van der Waals surface area contributed by atoms with Crippen LogP contribution in [0.5, 0.6) is 23.0 Å². The molecule has 98 valence electrons. The van der Waals surface area contributed by atoms with Crippen LogP contribution < -0.4 is 4.74 Å². The molecule has 0 saturated heterocycles. The van der Waals surface area contributed by atoms with E-state index in [0.717, 1.165) is 5.56 Å². The Morgan fingerprint density at radius 3 is 2.21 bits per heavy atom. The number of hydrogen-bond acceptors (Lipinski definition) is 4. The van der Waals surface area contributed by atoms with E-state index in [-0.39, 0.29) is 17.2 Å². The summed E-state index contributed by atoms with van der Waals surface area (Å²) >= 11 is 0. The molecule has 0 atom stereocenters. The van der Waals surface area contributed by atoms with Gasteiger partial charge in [-0.05, 0) is 23.8 Å². The molecule has 2 rings (SSSR count). The molecular formula is C15H14O4. The monoisotopic (exact) mass is 258 g/mol. The summed E-state index contributed by atoms with van der Waals surface area (Å²) < 4.78 is 5.09. The first-order valence-electron chi connectivity index (χ1n) is 5.67. The third-order valence-corrected chi connectivity index (χ3v) is 2.64. The Bertz CT molecular complexity index is 600. The normalized spacial score (nSPS) is 10.8. The number of ether oxygens (including phenoxy) is 1. The molecule has 2 aromatic rings. The highest BCUT2D eigenvalue weighted by Gasteiger charge is 2.08. The molecule has 4 nitrogen and oxygen atoms in total. The van der Waals surface area contributed by atoms with E-state index in [2.05, 4.69) is 0 Å². The molecule has 0 aliphatic carbocycles. The lowest BCUT2D eigenvalue weighted by Crippen LogP contribution is -1.87. The largest absolute Gasteiger partial charge is 0.508 e. The van der Waals surface area contributed by atoms with Crippen molar-refractivity contribution < 1.29 is 20.1 Å². The maximum Gasteiger partial charge on any atom is 0.167 e. The smallest absolute Gasteiger partial charge is 0.167 e. The Kier molecular flexibility index (Phi) is 3.61. The van der Waals surface area contributed by atoms with Gasteiger partial charge >= 0.3 is 0 Å². The minimum absolute atomic E-state index is 0.0383. The van der Waals surface area contributed by atoms with E-state index < -0.39 is 0 Å². The fourth-order valence-corrected chi connectivity index (χ4v) is 1.74. The van der Waals surface area contributed by atoms with Crippen molar-refractivity contribution in [1.29, 1.82) is 0 Å². The van der Waals surface area contributed by atoms with Crippen molar-refractivity contribution in [2.45, 2.75) is 0 Å². The maximum atomic E-state index is 9.65. The van der Waals surface area contributed by atoms with E-state index in [9.17, 15) is 15.3 Å². The molecule has 4 heteroatoms. The minimum atomic E-state index is -0.118. The van der Waals surface area contributed by atoms with Gasteiger partial charge in [-0.2, -0.15) is 0 Å². The van der Waals surface area contributed by atoms with Crippen LogP contribution in [0.1, 0.15) is 11.1 Å². The van der Waals surface area contributed by atoms with Crippen molar-refractivity contribution in [2.24, 2.45) is 0 Å². The number of benzene rings is 2. The molecule has 0 heterocycles. The molecule has 0 saturated carbocycles. The van der Waals surface area contributed by atoms with Crippen molar-refractivity contribution >= 4 is 12.2 Å². The van der Waals surface area contributed by atoms with Gasteiger partial charge in [0.15, 0.2) is 11.5 Å². The fraction of sp³-hybridized carbons (Fsp3) is 0.0667. The highest BCUT2D eigenvalue weighted by atomic mass is 16.5. The lowest BCUT2D eigenvalue weighted by atomic mass is 10.1. The molecule has 0 bridgehead atoms.